The van der Waals surface area contributed by atoms with E-state index in [2.05, 4.69) is 17.9 Å². The van der Waals surface area contributed by atoms with Crippen LogP contribution in [0.3, 0.4) is 0 Å². The van der Waals surface area contributed by atoms with Gasteiger partial charge in [-0.3, -0.25) is 9.69 Å². The Morgan fingerprint density at radius 1 is 1.53 bits per heavy atom. The Labute approximate surface area is 106 Å². The molecule has 0 spiro atoms. The highest BCUT2D eigenvalue weighted by molar-refractivity contribution is 7.80. The van der Waals surface area contributed by atoms with Gasteiger partial charge in [-0.1, -0.05) is 6.07 Å². The lowest BCUT2D eigenvalue weighted by molar-refractivity contribution is -0.125. The summed E-state index contributed by atoms with van der Waals surface area (Å²) in [5, 5.41) is 3.08. The Bertz CT molecular complexity index is 437. The second-order valence-corrected chi connectivity index (χ2v) is 4.28. The van der Waals surface area contributed by atoms with Gasteiger partial charge in [0.15, 0.2) is 6.10 Å². The van der Waals surface area contributed by atoms with Crippen LogP contribution in [0.2, 0.25) is 0 Å². The molecule has 0 saturated carbocycles. The van der Waals surface area contributed by atoms with Crippen LogP contribution in [0, 0.1) is 0 Å². The van der Waals surface area contributed by atoms with Gasteiger partial charge in [0.25, 0.3) is 5.91 Å². The molecule has 0 aliphatic carbocycles. The lowest BCUT2D eigenvalue weighted by Crippen LogP contribution is -2.43. The van der Waals surface area contributed by atoms with Gasteiger partial charge in [0.1, 0.15) is 5.75 Å². The number of amides is 1. The second-order valence-electron chi connectivity index (χ2n) is 4.00. The van der Waals surface area contributed by atoms with Crippen LogP contribution in [0.25, 0.3) is 0 Å². The maximum Gasteiger partial charge on any atom is 0.268 e. The van der Waals surface area contributed by atoms with Gasteiger partial charge in [-0.05, 0) is 31.7 Å². The van der Waals surface area contributed by atoms with Crippen molar-refractivity contribution in [2.45, 2.75) is 19.6 Å². The van der Waals surface area contributed by atoms with Crippen LogP contribution in [0.15, 0.2) is 18.2 Å². The number of benzene rings is 1. The average molecular weight is 252 g/mol. The molecule has 1 aromatic carbocycles. The van der Waals surface area contributed by atoms with Crippen LogP contribution in [0.5, 0.6) is 5.75 Å². The van der Waals surface area contributed by atoms with E-state index in [4.69, 9.17) is 4.74 Å². The molecule has 4 nitrogen and oxygen atoms in total. The molecule has 0 fully saturated rings. The summed E-state index contributed by atoms with van der Waals surface area (Å²) in [4.78, 5) is 13.6. The minimum Gasteiger partial charge on any atom is -0.479 e. The third-order valence-corrected chi connectivity index (χ3v) is 3.04. The summed E-state index contributed by atoms with van der Waals surface area (Å²) >= 11 is 4.21. The molecule has 5 heteroatoms. The van der Waals surface area contributed by atoms with Crippen LogP contribution < -0.4 is 15.0 Å². The Morgan fingerprint density at radius 2 is 2.29 bits per heavy atom. The molecule has 17 heavy (non-hydrogen) atoms. The number of fused-ring (bicyclic) bond motifs is 1. The van der Waals surface area contributed by atoms with Crippen molar-refractivity contribution in [3.63, 3.8) is 0 Å². The maximum absolute atomic E-state index is 11.9. The van der Waals surface area contributed by atoms with Crippen molar-refractivity contribution in [2.75, 3.05) is 17.8 Å². The van der Waals surface area contributed by atoms with E-state index < -0.39 is 6.10 Å². The Morgan fingerprint density at radius 3 is 2.94 bits per heavy atom. The lowest BCUT2D eigenvalue weighted by Gasteiger charge is -2.32. The molecule has 1 heterocycles. The third kappa shape index (κ3) is 2.25. The average Bonchev–Trinajstić information content (AvgIpc) is 2.32. The number of rotatable bonds is 3. The molecule has 0 saturated heterocycles. The molecule has 1 unspecified atom stereocenters. The number of thiol groups is 1. The first-order valence-electron chi connectivity index (χ1n) is 5.53. The first-order valence-corrected chi connectivity index (χ1v) is 6.17. The van der Waals surface area contributed by atoms with E-state index in [-0.39, 0.29) is 5.91 Å². The summed E-state index contributed by atoms with van der Waals surface area (Å²) < 4.78 is 5.56. The fourth-order valence-electron chi connectivity index (χ4n) is 1.91. The van der Waals surface area contributed by atoms with E-state index in [1.54, 1.807) is 11.8 Å². The van der Waals surface area contributed by atoms with Gasteiger partial charge >= 0.3 is 0 Å². The van der Waals surface area contributed by atoms with Gasteiger partial charge in [0, 0.05) is 6.54 Å². The first-order chi connectivity index (χ1) is 8.17. The molecule has 0 aromatic heterocycles. The first kappa shape index (κ1) is 12.3. The van der Waals surface area contributed by atoms with Crippen molar-refractivity contribution < 1.29 is 9.53 Å². The molecule has 1 amide bonds. The molecule has 2 rings (SSSR count). The van der Waals surface area contributed by atoms with Crippen LogP contribution in [-0.4, -0.2) is 24.9 Å². The highest BCUT2D eigenvalue weighted by Crippen LogP contribution is 2.34. The minimum absolute atomic E-state index is 0.0471. The zero-order valence-corrected chi connectivity index (χ0v) is 10.8. The Balaban J connectivity index is 2.41. The molecule has 1 atom stereocenters. The second kappa shape index (κ2) is 4.98. The van der Waals surface area contributed by atoms with Crippen molar-refractivity contribution in [1.29, 1.82) is 0 Å². The molecule has 1 N–H and O–H groups in total. The van der Waals surface area contributed by atoms with Crippen molar-refractivity contribution in [3.05, 3.63) is 23.8 Å². The predicted octanol–water partition coefficient (Wildman–Crippen LogP) is 1.41. The number of hydrogen-bond acceptors (Lipinski definition) is 4. The van der Waals surface area contributed by atoms with Crippen LogP contribution in [0.1, 0.15) is 12.5 Å². The van der Waals surface area contributed by atoms with E-state index in [0.717, 1.165) is 23.5 Å². The number of carbonyl (C=O) groups excluding carboxylic acids is 1. The summed E-state index contributed by atoms with van der Waals surface area (Å²) in [6.07, 6.45) is -0.440. The highest BCUT2D eigenvalue weighted by atomic mass is 32.1. The maximum atomic E-state index is 11.9. The number of nitrogens with zero attached hydrogens (tertiary/aromatic N) is 1. The normalized spacial score (nSPS) is 18.9. The van der Waals surface area contributed by atoms with Crippen LogP contribution >= 0.6 is 12.6 Å². The number of nitrogens with one attached hydrogen (secondary N) is 1. The van der Waals surface area contributed by atoms with Crippen molar-refractivity contribution >= 4 is 24.2 Å². The number of hydrogen-bond donors (Lipinski definition) is 2. The Hall–Kier alpha value is -1.20. The Kier molecular flexibility index (Phi) is 3.59. The largest absolute Gasteiger partial charge is 0.479 e. The van der Waals surface area contributed by atoms with Crippen LogP contribution in [0.4, 0.5) is 5.69 Å². The molecule has 0 radical (unpaired) electrons. The molecule has 1 aliphatic heterocycles. The van der Waals surface area contributed by atoms with E-state index in [1.807, 2.05) is 25.2 Å². The standard InChI is InChI=1S/C12H16N2O2S/c1-8-12(15)14(7-17)10-5-9(6-13-2)3-4-11(10)16-8/h3-5,8,13,17H,6-7H2,1-2H3. The molecular weight excluding hydrogens is 236 g/mol. The van der Waals surface area contributed by atoms with Gasteiger partial charge in [-0.25, -0.2) is 0 Å². The van der Waals surface area contributed by atoms with Crippen LogP contribution in [-0.2, 0) is 11.3 Å². The molecular formula is C12H16N2O2S. The predicted molar refractivity (Wildman–Crippen MR) is 70.6 cm³/mol. The third-order valence-electron chi connectivity index (χ3n) is 2.75. The fraction of sp³-hybridized carbons (Fsp3) is 0.417. The van der Waals surface area contributed by atoms with Gasteiger partial charge in [0.2, 0.25) is 0 Å². The van der Waals surface area contributed by atoms with Crippen molar-refractivity contribution in [2.24, 2.45) is 0 Å². The summed E-state index contributed by atoms with van der Waals surface area (Å²) in [5.74, 6) is 1.06. The quantitative estimate of drug-likeness (QED) is 0.799. The summed E-state index contributed by atoms with van der Waals surface area (Å²) in [7, 11) is 1.89. The summed E-state index contributed by atoms with van der Waals surface area (Å²) in [5.41, 5.74) is 1.92. The van der Waals surface area contributed by atoms with Gasteiger partial charge in [-0.2, -0.15) is 12.6 Å². The zero-order chi connectivity index (χ0) is 12.4. The summed E-state index contributed by atoms with van der Waals surface area (Å²) in [6, 6.07) is 5.86. The number of carbonyl (C=O) groups is 1. The SMILES string of the molecule is CNCc1ccc2c(c1)N(CS)C(=O)C(C)O2. The van der Waals surface area contributed by atoms with Gasteiger partial charge in [-0.15, -0.1) is 0 Å². The summed E-state index contributed by atoms with van der Waals surface area (Å²) in [6.45, 7) is 2.51. The molecule has 1 aliphatic rings. The van der Waals surface area contributed by atoms with E-state index in [1.165, 1.54) is 0 Å². The topological polar surface area (TPSA) is 41.6 Å². The minimum atomic E-state index is -0.440. The zero-order valence-electron chi connectivity index (χ0n) is 9.93. The molecule has 0 bridgehead atoms. The van der Waals surface area contributed by atoms with Crippen molar-refractivity contribution in [1.82, 2.24) is 5.32 Å². The smallest absolute Gasteiger partial charge is 0.268 e. The van der Waals surface area contributed by atoms with E-state index in [0.29, 0.717) is 5.88 Å². The molecule has 92 valence electrons. The number of ether oxygens (including phenoxy) is 1. The lowest BCUT2D eigenvalue weighted by atomic mass is 10.1. The number of anilines is 1. The van der Waals surface area contributed by atoms with Gasteiger partial charge in [0.05, 0.1) is 11.6 Å². The monoisotopic (exact) mass is 252 g/mol. The van der Waals surface area contributed by atoms with Crippen molar-refractivity contribution in [3.8, 4) is 5.75 Å². The van der Waals surface area contributed by atoms with E-state index in [9.17, 15) is 4.79 Å². The fourth-order valence-corrected chi connectivity index (χ4v) is 2.20. The molecule has 1 aromatic rings. The highest BCUT2D eigenvalue weighted by Gasteiger charge is 2.30. The van der Waals surface area contributed by atoms with E-state index >= 15 is 0 Å². The van der Waals surface area contributed by atoms with Gasteiger partial charge < -0.3 is 10.1 Å².